The van der Waals surface area contributed by atoms with Crippen molar-refractivity contribution in [3.8, 4) is 0 Å². The number of rotatable bonds is 15. The van der Waals surface area contributed by atoms with Crippen LogP contribution >= 0.6 is 0 Å². The minimum Gasteiger partial charge on any atom is -0.460 e. The van der Waals surface area contributed by atoms with Crippen molar-refractivity contribution in [1.29, 1.82) is 0 Å². The highest BCUT2D eigenvalue weighted by Crippen LogP contribution is 2.36. The van der Waals surface area contributed by atoms with E-state index in [-0.39, 0.29) is 66.7 Å². The van der Waals surface area contributed by atoms with Gasteiger partial charge in [-0.1, -0.05) is 13.2 Å². The molecule has 1 aliphatic heterocycles. The quantitative estimate of drug-likeness (QED) is 0.0887. The summed E-state index contributed by atoms with van der Waals surface area (Å²) in [5, 5.41) is 8.07. The van der Waals surface area contributed by atoms with Crippen LogP contribution in [0.15, 0.2) is 24.3 Å². The Balaban J connectivity index is 2.75. The van der Waals surface area contributed by atoms with E-state index in [1.807, 2.05) is 0 Å². The third-order valence-electron chi connectivity index (χ3n) is 5.79. The van der Waals surface area contributed by atoms with E-state index in [1.54, 1.807) is 0 Å². The van der Waals surface area contributed by atoms with Crippen molar-refractivity contribution in [2.45, 2.75) is 25.9 Å². The SMILES string of the molecule is C=C(C)C(=O)OCCNC(=O)NCC[N+]1(C(=O)NCCOC(=O)C(=C)C)CCC1[Si](OC)(OC)OC. The number of quaternary nitrogens is 1. The molecular formula is C22H39N4O9Si+. The van der Waals surface area contributed by atoms with Gasteiger partial charge in [-0.15, -0.1) is 0 Å². The summed E-state index contributed by atoms with van der Waals surface area (Å²) in [7, 11) is 1.23. The Bertz CT molecular complexity index is 826. The van der Waals surface area contributed by atoms with E-state index in [9.17, 15) is 19.2 Å². The summed E-state index contributed by atoms with van der Waals surface area (Å²) >= 11 is 0. The maximum Gasteiger partial charge on any atom is 0.562 e. The first-order valence-corrected chi connectivity index (χ1v) is 13.3. The van der Waals surface area contributed by atoms with Crippen LogP contribution in [0, 0.1) is 0 Å². The Morgan fingerprint density at radius 1 is 0.833 bits per heavy atom. The van der Waals surface area contributed by atoms with Gasteiger partial charge in [0.1, 0.15) is 19.8 Å². The molecule has 1 fully saturated rings. The molecular weight excluding hydrogens is 492 g/mol. The number of hydrogen-bond acceptors (Lipinski definition) is 9. The second-order valence-electron chi connectivity index (χ2n) is 8.25. The number of likely N-dealkylation sites (tertiary alicyclic amines) is 1. The lowest BCUT2D eigenvalue weighted by Gasteiger charge is -2.52. The van der Waals surface area contributed by atoms with Gasteiger partial charge >= 0.3 is 32.8 Å². The van der Waals surface area contributed by atoms with E-state index >= 15 is 0 Å². The maximum atomic E-state index is 13.3. The monoisotopic (exact) mass is 531 g/mol. The second-order valence-corrected chi connectivity index (χ2v) is 11.3. The van der Waals surface area contributed by atoms with Crippen LogP contribution in [0.2, 0.25) is 0 Å². The van der Waals surface area contributed by atoms with Gasteiger partial charge in [-0.25, -0.2) is 23.7 Å². The summed E-state index contributed by atoms with van der Waals surface area (Å²) in [6.07, 6.45) is 0.625. The molecule has 13 nitrogen and oxygen atoms in total. The van der Waals surface area contributed by atoms with Crippen LogP contribution in [0.4, 0.5) is 9.59 Å². The maximum absolute atomic E-state index is 13.3. The first-order chi connectivity index (χ1) is 17.0. The second kappa shape index (κ2) is 14.7. The molecule has 1 heterocycles. The molecule has 0 bridgehead atoms. The molecule has 36 heavy (non-hydrogen) atoms. The Hall–Kier alpha value is -2.78. The third kappa shape index (κ3) is 8.13. The van der Waals surface area contributed by atoms with Gasteiger partial charge in [-0.3, -0.25) is 0 Å². The molecule has 0 radical (unpaired) electrons. The highest BCUT2D eigenvalue weighted by Gasteiger charge is 2.67. The average molecular weight is 532 g/mol. The van der Waals surface area contributed by atoms with Crippen molar-refractivity contribution >= 4 is 32.8 Å². The number of nitrogens with one attached hydrogen (secondary N) is 3. The number of urea groups is 2. The lowest BCUT2D eigenvalue weighted by Crippen LogP contribution is -2.81. The zero-order valence-corrected chi connectivity index (χ0v) is 22.8. The molecule has 0 aromatic rings. The summed E-state index contributed by atoms with van der Waals surface area (Å²) in [6.45, 7) is 11.1. The van der Waals surface area contributed by atoms with Gasteiger partial charge < -0.3 is 38.7 Å². The lowest BCUT2D eigenvalue weighted by molar-refractivity contribution is -0.906. The fourth-order valence-corrected chi connectivity index (χ4v) is 6.54. The molecule has 2 atom stereocenters. The molecule has 1 saturated heterocycles. The van der Waals surface area contributed by atoms with Gasteiger partial charge in [0.2, 0.25) is 0 Å². The minimum atomic E-state index is -3.21. The number of hydrogen-bond donors (Lipinski definition) is 3. The molecule has 14 heteroatoms. The van der Waals surface area contributed by atoms with Crippen LogP contribution in [0.25, 0.3) is 0 Å². The zero-order chi connectivity index (χ0) is 27.4. The van der Waals surface area contributed by atoms with Crippen LogP contribution in [-0.4, -0.2) is 110 Å². The van der Waals surface area contributed by atoms with Crippen molar-refractivity contribution in [3.63, 3.8) is 0 Å². The predicted molar refractivity (Wildman–Crippen MR) is 132 cm³/mol. The molecule has 1 aliphatic rings. The summed E-state index contributed by atoms with van der Waals surface area (Å²) in [5.41, 5.74) is 0.150. The van der Waals surface area contributed by atoms with Crippen LogP contribution in [0.5, 0.6) is 0 Å². The molecule has 0 aliphatic carbocycles. The molecule has 0 spiro atoms. The molecule has 2 unspecified atom stereocenters. The van der Waals surface area contributed by atoms with Gasteiger partial charge in [-0.2, -0.15) is 0 Å². The standard InChI is InChI=1S/C22H38N4O9Si/c1-16(2)19(27)34-14-10-24-21(29)23-9-13-26(12-8-18(26)36(31-5,32-6)33-7)22(30)25-11-15-35-20(28)17(3)4/h18H,1,3,8-15H2,2,4-7H3,(H2-,23,24,25,29,30)/p+1. The van der Waals surface area contributed by atoms with Crippen LogP contribution < -0.4 is 16.0 Å². The molecule has 1 rings (SSSR count). The van der Waals surface area contributed by atoms with Gasteiger partial charge in [0.05, 0.1) is 32.6 Å². The largest absolute Gasteiger partial charge is 0.562 e. The minimum absolute atomic E-state index is 0.00316. The topological polar surface area (TPSA) is 151 Å². The van der Waals surface area contributed by atoms with E-state index in [0.717, 1.165) is 0 Å². The first kappa shape index (κ1) is 31.2. The number of carbonyl (C=O) groups excluding carboxylic acids is 4. The zero-order valence-electron chi connectivity index (χ0n) is 21.8. The Labute approximate surface area is 213 Å². The van der Waals surface area contributed by atoms with E-state index in [4.69, 9.17) is 22.8 Å². The van der Waals surface area contributed by atoms with E-state index in [1.165, 1.54) is 35.2 Å². The van der Waals surface area contributed by atoms with Gasteiger partial charge in [-0.05, 0) is 13.8 Å². The molecule has 3 N–H and O–H groups in total. The normalized spacial score (nSPS) is 18.9. The summed E-state index contributed by atoms with van der Waals surface area (Å²) < 4.78 is 26.8. The number of esters is 2. The number of ether oxygens (including phenoxy) is 2. The lowest BCUT2D eigenvalue weighted by atomic mass is 10.1. The molecule has 0 saturated carbocycles. The molecule has 204 valence electrons. The third-order valence-corrected chi connectivity index (χ3v) is 9.10. The number of nitrogens with zero attached hydrogens (tertiary/aromatic N) is 1. The predicted octanol–water partition coefficient (Wildman–Crippen LogP) is 0.240. The number of carbonyl (C=O) groups is 4. The Morgan fingerprint density at radius 3 is 1.72 bits per heavy atom. The van der Waals surface area contributed by atoms with Crippen molar-refractivity contribution in [2.75, 3.05) is 67.3 Å². The Kier molecular flexibility index (Phi) is 12.8. The van der Waals surface area contributed by atoms with E-state index < -0.39 is 26.8 Å². The van der Waals surface area contributed by atoms with Crippen molar-refractivity contribution in [3.05, 3.63) is 24.3 Å². The molecule has 4 amide bonds. The molecule has 0 aromatic carbocycles. The van der Waals surface area contributed by atoms with Crippen LogP contribution in [0.1, 0.15) is 20.3 Å². The number of amides is 4. The van der Waals surface area contributed by atoms with Crippen molar-refractivity contribution < 1.29 is 46.4 Å². The average Bonchev–Trinajstić information content (AvgIpc) is 2.84. The van der Waals surface area contributed by atoms with E-state index in [2.05, 4.69) is 29.1 Å². The van der Waals surface area contributed by atoms with Crippen LogP contribution in [-0.2, 0) is 32.3 Å². The van der Waals surface area contributed by atoms with E-state index in [0.29, 0.717) is 13.0 Å². The highest BCUT2D eigenvalue weighted by atomic mass is 28.4. The van der Waals surface area contributed by atoms with Crippen molar-refractivity contribution in [2.24, 2.45) is 0 Å². The van der Waals surface area contributed by atoms with Gasteiger partial charge in [0, 0.05) is 32.5 Å². The first-order valence-electron chi connectivity index (χ1n) is 11.5. The summed E-state index contributed by atoms with van der Waals surface area (Å²) in [6, 6.07) is -0.799. The Morgan fingerprint density at radius 2 is 1.31 bits per heavy atom. The molecule has 0 aromatic heterocycles. The smallest absolute Gasteiger partial charge is 0.460 e. The van der Waals surface area contributed by atoms with Crippen LogP contribution in [0.3, 0.4) is 0 Å². The van der Waals surface area contributed by atoms with Gasteiger partial charge in [0.15, 0.2) is 5.67 Å². The highest BCUT2D eigenvalue weighted by molar-refractivity contribution is 6.62. The summed E-state index contributed by atoms with van der Waals surface area (Å²) in [4.78, 5) is 48.4. The van der Waals surface area contributed by atoms with Gasteiger partial charge in [0.25, 0.3) is 0 Å². The van der Waals surface area contributed by atoms with Crippen molar-refractivity contribution in [1.82, 2.24) is 16.0 Å². The summed E-state index contributed by atoms with van der Waals surface area (Å²) in [5.74, 6) is -1.07. The fourth-order valence-electron chi connectivity index (χ4n) is 3.76. The fraction of sp³-hybridized carbons (Fsp3) is 0.636.